The predicted molar refractivity (Wildman–Crippen MR) is 46.9 cm³/mol. The first-order valence-corrected chi connectivity index (χ1v) is 4.47. The quantitative estimate of drug-likeness (QED) is 0.609. The van der Waals surface area contributed by atoms with Gasteiger partial charge < -0.3 is 9.03 Å². The van der Waals surface area contributed by atoms with Gasteiger partial charge in [-0.3, -0.25) is 0 Å². The summed E-state index contributed by atoms with van der Waals surface area (Å²) in [5.41, 5.74) is 0. The minimum atomic E-state index is -0.556. The molecule has 4 heteroatoms. The van der Waals surface area contributed by atoms with Gasteiger partial charge in [-0.2, -0.15) is 0 Å². The molecule has 3 nitrogen and oxygen atoms in total. The van der Waals surface area contributed by atoms with Crippen molar-refractivity contribution in [2.75, 3.05) is 6.61 Å². The first-order chi connectivity index (χ1) is 5.72. The second-order valence-corrected chi connectivity index (χ2v) is 2.77. The first-order valence-electron chi connectivity index (χ1n) is 4.16. The highest BCUT2D eigenvalue weighted by Crippen LogP contribution is 2.00. The molecule has 0 radical (unpaired) electrons. The van der Waals surface area contributed by atoms with E-state index in [1.165, 1.54) is 0 Å². The van der Waals surface area contributed by atoms with Crippen molar-refractivity contribution in [1.82, 2.24) is 0 Å². The van der Waals surface area contributed by atoms with Crippen molar-refractivity contribution in [3.63, 3.8) is 0 Å². The van der Waals surface area contributed by atoms with Crippen molar-refractivity contribution in [2.45, 2.75) is 39.2 Å². The molecule has 1 atom stereocenters. The highest BCUT2D eigenvalue weighted by atomic mass is 35.5. The number of hydrogen-bond acceptors (Lipinski definition) is 3. The minimum Gasteiger partial charge on any atom is -0.367 e. The molecule has 1 unspecified atom stereocenters. The Morgan fingerprint density at radius 2 is 2.17 bits per heavy atom. The second-order valence-electron chi connectivity index (χ2n) is 2.62. The Bertz CT molecular complexity index is 127. The molecule has 0 fully saturated rings. The van der Waals surface area contributed by atoms with Gasteiger partial charge in [0.05, 0.1) is 0 Å². The van der Waals surface area contributed by atoms with E-state index in [9.17, 15) is 4.79 Å². The average molecular weight is 195 g/mol. The molecule has 0 amide bonds. The minimum absolute atomic E-state index is 0.534. The number of rotatable bonds is 6. The summed E-state index contributed by atoms with van der Waals surface area (Å²) in [7, 11) is 0. The van der Waals surface area contributed by atoms with E-state index in [2.05, 4.69) is 11.2 Å². The Hall–Kier alpha value is -0.280. The van der Waals surface area contributed by atoms with Crippen molar-refractivity contribution in [1.29, 1.82) is 0 Å². The van der Waals surface area contributed by atoms with Gasteiger partial charge in [-0.05, 0) is 13.3 Å². The second kappa shape index (κ2) is 7.37. The lowest BCUT2D eigenvalue weighted by Crippen LogP contribution is -2.21. The van der Waals surface area contributed by atoms with Crippen LogP contribution in [-0.2, 0) is 13.8 Å². The topological polar surface area (TPSA) is 35.5 Å². The number of hydrogen-bond donors (Lipinski definition) is 0. The molecule has 0 rings (SSSR count). The molecule has 0 N–H and O–H groups in total. The van der Waals surface area contributed by atoms with E-state index in [0.29, 0.717) is 6.61 Å². The van der Waals surface area contributed by atoms with Crippen molar-refractivity contribution < 1.29 is 13.8 Å². The maximum Gasteiger partial charge on any atom is 0.353 e. The summed E-state index contributed by atoms with van der Waals surface area (Å²) >= 11 is 4.86. The largest absolute Gasteiger partial charge is 0.367 e. The molecule has 0 bridgehead atoms. The van der Waals surface area contributed by atoms with Gasteiger partial charge in [0, 0.05) is 6.61 Å². The molecular formula is C8H15ClO3. The zero-order valence-corrected chi connectivity index (χ0v) is 8.26. The lowest BCUT2D eigenvalue weighted by molar-refractivity contribution is -0.145. The van der Waals surface area contributed by atoms with Crippen LogP contribution in [0.4, 0.5) is 0 Å². The van der Waals surface area contributed by atoms with E-state index in [-0.39, 0.29) is 0 Å². The van der Waals surface area contributed by atoms with E-state index >= 15 is 0 Å². The Labute approximate surface area is 78.2 Å². The normalized spacial score (nSPS) is 12.6. The maximum absolute atomic E-state index is 10.7. The van der Waals surface area contributed by atoms with Crippen LogP contribution in [-0.4, -0.2) is 18.7 Å². The molecule has 0 aromatic heterocycles. The molecule has 0 spiro atoms. The van der Waals surface area contributed by atoms with Crippen LogP contribution in [0.2, 0.25) is 0 Å². The van der Waals surface area contributed by atoms with Gasteiger partial charge in [0.15, 0.2) is 6.10 Å². The monoisotopic (exact) mass is 194 g/mol. The van der Waals surface area contributed by atoms with E-state index in [4.69, 9.17) is 16.6 Å². The number of carbonyl (C=O) groups is 1. The molecule has 0 aromatic carbocycles. The summed E-state index contributed by atoms with van der Waals surface area (Å²) < 4.78 is 9.12. The van der Waals surface area contributed by atoms with Crippen LogP contribution >= 0.6 is 11.9 Å². The van der Waals surface area contributed by atoms with Crippen molar-refractivity contribution in [3.8, 4) is 0 Å². The Kier molecular flexibility index (Phi) is 7.20. The summed E-state index contributed by atoms with van der Waals surface area (Å²) in [5.74, 6) is -0.534. The summed E-state index contributed by atoms with van der Waals surface area (Å²) in [4.78, 5) is 10.7. The maximum atomic E-state index is 10.7. The van der Waals surface area contributed by atoms with Crippen molar-refractivity contribution in [3.05, 3.63) is 0 Å². The number of unbranched alkanes of at least 4 members (excludes halogenated alkanes) is 2. The van der Waals surface area contributed by atoms with Crippen LogP contribution in [0.15, 0.2) is 0 Å². The summed E-state index contributed by atoms with van der Waals surface area (Å²) in [6.07, 6.45) is 2.66. The van der Waals surface area contributed by atoms with Gasteiger partial charge in [0.2, 0.25) is 0 Å². The van der Waals surface area contributed by atoms with Crippen molar-refractivity contribution >= 4 is 17.8 Å². The standard InChI is InChI=1S/C8H15ClO3/c1-3-4-5-6-11-7(2)8(10)12-9/h7H,3-6H2,1-2H3. The molecule has 0 aliphatic carbocycles. The smallest absolute Gasteiger partial charge is 0.353 e. The fourth-order valence-electron chi connectivity index (χ4n) is 0.743. The molecule has 0 saturated carbocycles. The fraction of sp³-hybridized carbons (Fsp3) is 0.875. The Morgan fingerprint density at radius 3 is 2.67 bits per heavy atom. The third-order valence-electron chi connectivity index (χ3n) is 1.52. The molecule has 0 aliphatic heterocycles. The number of carbonyl (C=O) groups excluding carboxylic acids is 1. The van der Waals surface area contributed by atoms with Gasteiger partial charge >= 0.3 is 5.97 Å². The average Bonchev–Trinajstić information content (AvgIpc) is 2.10. The lowest BCUT2D eigenvalue weighted by Gasteiger charge is -2.08. The lowest BCUT2D eigenvalue weighted by atomic mass is 10.3. The van der Waals surface area contributed by atoms with Crippen molar-refractivity contribution in [2.24, 2.45) is 0 Å². The highest BCUT2D eigenvalue weighted by molar-refractivity contribution is 6.13. The summed E-state index contributed by atoms with van der Waals surface area (Å²) in [6, 6.07) is 0. The molecule has 0 saturated heterocycles. The van der Waals surface area contributed by atoms with E-state index < -0.39 is 12.1 Å². The van der Waals surface area contributed by atoms with Crippen LogP contribution in [0.25, 0.3) is 0 Å². The van der Waals surface area contributed by atoms with E-state index in [1.54, 1.807) is 6.92 Å². The van der Waals surface area contributed by atoms with Crippen LogP contribution in [0.1, 0.15) is 33.1 Å². The van der Waals surface area contributed by atoms with Gasteiger partial charge in [0.1, 0.15) is 11.9 Å². The van der Waals surface area contributed by atoms with Crippen LogP contribution in [0, 0.1) is 0 Å². The van der Waals surface area contributed by atoms with E-state index in [1.807, 2.05) is 0 Å². The highest BCUT2D eigenvalue weighted by Gasteiger charge is 2.13. The molecule has 0 aromatic rings. The predicted octanol–water partition coefficient (Wildman–Crippen LogP) is 2.28. The van der Waals surface area contributed by atoms with Gasteiger partial charge in [0.25, 0.3) is 0 Å². The van der Waals surface area contributed by atoms with E-state index in [0.717, 1.165) is 19.3 Å². The molecule has 0 heterocycles. The number of halogens is 1. The van der Waals surface area contributed by atoms with Gasteiger partial charge in [-0.25, -0.2) is 4.79 Å². The third-order valence-corrected chi connectivity index (χ3v) is 1.68. The van der Waals surface area contributed by atoms with Gasteiger partial charge in [-0.15, -0.1) is 0 Å². The van der Waals surface area contributed by atoms with Crippen LogP contribution in [0.5, 0.6) is 0 Å². The zero-order valence-electron chi connectivity index (χ0n) is 7.51. The summed E-state index contributed by atoms with van der Waals surface area (Å²) in [6.45, 7) is 4.31. The molecule has 72 valence electrons. The SMILES string of the molecule is CCCCCOC(C)C(=O)OCl. The molecular weight excluding hydrogens is 180 g/mol. The zero-order chi connectivity index (χ0) is 9.40. The Morgan fingerprint density at radius 1 is 1.50 bits per heavy atom. The fourth-order valence-corrected chi connectivity index (χ4v) is 0.868. The first kappa shape index (κ1) is 11.7. The van der Waals surface area contributed by atoms with Crippen LogP contribution < -0.4 is 0 Å². The molecule has 12 heavy (non-hydrogen) atoms. The summed E-state index contributed by atoms with van der Waals surface area (Å²) in [5, 5.41) is 0. The molecule has 0 aliphatic rings. The third kappa shape index (κ3) is 5.38. The Balaban J connectivity index is 3.31. The van der Waals surface area contributed by atoms with Gasteiger partial charge in [-0.1, -0.05) is 19.8 Å². The number of ether oxygens (including phenoxy) is 1. The van der Waals surface area contributed by atoms with Crippen LogP contribution in [0.3, 0.4) is 0 Å².